The number of fused-ring (bicyclic) bond motifs is 9. The Morgan fingerprint density at radius 2 is 1.11 bits per heavy atom. The average Bonchev–Trinajstić information content (AvgIpc) is 3.84. The van der Waals surface area contributed by atoms with Gasteiger partial charge < -0.3 is 19.1 Å². The van der Waals surface area contributed by atoms with Gasteiger partial charge in [-0.1, -0.05) is 115 Å². The molecule has 0 saturated heterocycles. The highest BCUT2D eigenvalue weighted by Gasteiger charge is 2.45. The Balaban J connectivity index is 1.14. The van der Waals surface area contributed by atoms with E-state index in [-0.39, 0.29) is 6.71 Å². The lowest BCUT2D eigenvalue weighted by molar-refractivity contribution is 0.669. The van der Waals surface area contributed by atoms with Crippen LogP contribution in [-0.2, 0) is 0 Å². The molecule has 0 spiro atoms. The van der Waals surface area contributed by atoms with Gasteiger partial charge in [0.25, 0.3) is 6.71 Å². The number of para-hydroxylation sites is 5. The minimum absolute atomic E-state index is 0.0431. The van der Waals surface area contributed by atoms with Gasteiger partial charge in [-0.05, 0) is 89.8 Å². The molecule has 2 aliphatic rings. The molecular weight excluding hydrogens is 701 g/mol. The largest absolute Gasteiger partial charge is 0.454 e. The number of hydrogen-bond acceptors (Lipinski definition) is 5. The van der Waals surface area contributed by atoms with Crippen LogP contribution in [0.2, 0.25) is 0 Å². The first kappa shape index (κ1) is 31.3. The molecule has 56 heavy (non-hydrogen) atoms. The topological polar surface area (TPSA) is 22.9 Å². The van der Waals surface area contributed by atoms with Crippen LogP contribution < -0.4 is 30.4 Å². The van der Waals surface area contributed by atoms with E-state index < -0.39 is 0 Å². The minimum atomic E-state index is 0.0431. The number of anilines is 9. The van der Waals surface area contributed by atoms with E-state index in [9.17, 15) is 0 Å². The van der Waals surface area contributed by atoms with E-state index in [0.717, 1.165) is 56.1 Å². The maximum atomic E-state index is 6.67. The van der Waals surface area contributed by atoms with Crippen molar-refractivity contribution in [2.24, 2.45) is 0 Å². The molecule has 0 aliphatic carbocycles. The normalized spacial score (nSPS) is 12.9. The molecule has 10 aromatic rings. The SMILES string of the molecule is c1ccc(N2c3cc(N(c4ccccc4)c4cccc5c4oc4ccccc45)ccc3B3c4sc5ccccc5c4N(c4ccccc4)c4cccc2c43)cc1. The van der Waals surface area contributed by atoms with Gasteiger partial charge in [-0.25, -0.2) is 0 Å². The molecule has 0 saturated carbocycles. The smallest absolute Gasteiger partial charge is 0.264 e. The van der Waals surface area contributed by atoms with Crippen molar-refractivity contribution in [2.45, 2.75) is 0 Å². The molecule has 262 valence electrons. The van der Waals surface area contributed by atoms with Crippen molar-refractivity contribution >= 4 is 117 Å². The summed E-state index contributed by atoms with van der Waals surface area (Å²) < 4.78 is 9.33. The van der Waals surface area contributed by atoms with Crippen LogP contribution in [0.1, 0.15) is 0 Å². The highest BCUT2D eigenvalue weighted by atomic mass is 32.1. The molecule has 4 nitrogen and oxygen atoms in total. The van der Waals surface area contributed by atoms with Crippen molar-refractivity contribution in [3.05, 3.63) is 194 Å². The van der Waals surface area contributed by atoms with Crippen molar-refractivity contribution in [1.29, 1.82) is 0 Å². The molecule has 0 atom stereocenters. The van der Waals surface area contributed by atoms with Crippen molar-refractivity contribution in [1.82, 2.24) is 0 Å². The zero-order valence-electron chi connectivity index (χ0n) is 30.2. The zero-order chi connectivity index (χ0) is 36.7. The third-order valence-electron chi connectivity index (χ3n) is 11.4. The first-order valence-electron chi connectivity index (χ1n) is 19.1. The van der Waals surface area contributed by atoms with Gasteiger partial charge >= 0.3 is 0 Å². The Kier molecular flexibility index (Phi) is 6.86. The molecule has 12 rings (SSSR count). The van der Waals surface area contributed by atoms with Gasteiger partial charge in [0.2, 0.25) is 0 Å². The predicted octanol–water partition coefficient (Wildman–Crippen LogP) is 12.4. The van der Waals surface area contributed by atoms with E-state index in [1.54, 1.807) is 0 Å². The first-order valence-corrected chi connectivity index (χ1v) is 19.9. The van der Waals surface area contributed by atoms with Crippen molar-refractivity contribution in [3.63, 3.8) is 0 Å². The summed E-state index contributed by atoms with van der Waals surface area (Å²) in [6, 6.07) is 69.9. The monoisotopic (exact) mass is 733 g/mol. The fraction of sp³-hybridized carbons (Fsp3) is 0. The van der Waals surface area contributed by atoms with Crippen LogP contribution in [0.5, 0.6) is 0 Å². The fourth-order valence-corrected chi connectivity index (χ4v) is 10.4. The highest BCUT2D eigenvalue weighted by Crippen LogP contribution is 2.49. The van der Waals surface area contributed by atoms with Crippen LogP contribution >= 0.6 is 11.3 Å². The van der Waals surface area contributed by atoms with E-state index in [1.165, 1.54) is 42.9 Å². The Morgan fingerprint density at radius 3 is 1.89 bits per heavy atom. The van der Waals surface area contributed by atoms with Crippen LogP contribution in [0.4, 0.5) is 51.2 Å². The lowest BCUT2D eigenvalue weighted by Gasteiger charge is -2.43. The Labute approximate surface area is 328 Å². The molecule has 8 aromatic carbocycles. The number of hydrogen-bond donors (Lipinski definition) is 0. The molecule has 0 radical (unpaired) electrons. The third kappa shape index (κ3) is 4.54. The summed E-state index contributed by atoms with van der Waals surface area (Å²) in [5.41, 5.74) is 14.6. The van der Waals surface area contributed by atoms with Crippen molar-refractivity contribution < 1.29 is 4.42 Å². The van der Waals surface area contributed by atoms with Gasteiger partial charge in [0.1, 0.15) is 5.58 Å². The molecule has 4 heterocycles. The lowest BCUT2D eigenvalue weighted by atomic mass is 9.36. The molecule has 0 fully saturated rings. The molecular formula is C50H32BN3OS. The molecule has 2 aliphatic heterocycles. The molecule has 0 unspecified atom stereocenters. The zero-order valence-corrected chi connectivity index (χ0v) is 31.0. The van der Waals surface area contributed by atoms with Gasteiger partial charge in [0.05, 0.1) is 11.4 Å². The Hall–Kier alpha value is -7.02. The minimum Gasteiger partial charge on any atom is -0.454 e. The van der Waals surface area contributed by atoms with Gasteiger partial charge in [0.15, 0.2) is 5.58 Å². The van der Waals surface area contributed by atoms with E-state index in [0.29, 0.717) is 0 Å². The van der Waals surface area contributed by atoms with E-state index in [2.05, 4.69) is 203 Å². The Morgan fingerprint density at radius 1 is 0.482 bits per heavy atom. The second kappa shape index (κ2) is 12.3. The van der Waals surface area contributed by atoms with E-state index >= 15 is 0 Å². The van der Waals surface area contributed by atoms with Crippen molar-refractivity contribution in [2.75, 3.05) is 14.7 Å². The number of benzene rings is 8. The number of rotatable bonds is 5. The van der Waals surface area contributed by atoms with Gasteiger partial charge in [-0.3, -0.25) is 0 Å². The maximum Gasteiger partial charge on any atom is 0.264 e. The second-order valence-corrected chi connectivity index (χ2v) is 15.5. The summed E-state index contributed by atoms with van der Waals surface area (Å²) >= 11 is 1.92. The predicted molar refractivity (Wildman–Crippen MR) is 238 cm³/mol. The fourth-order valence-electron chi connectivity index (χ4n) is 9.10. The van der Waals surface area contributed by atoms with Crippen LogP contribution in [-0.4, -0.2) is 6.71 Å². The summed E-state index contributed by atoms with van der Waals surface area (Å²) in [6.45, 7) is 0.0431. The maximum absolute atomic E-state index is 6.67. The van der Waals surface area contributed by atoms with E-state index in [4.69, 9.17) is 4.42 Å². The molecule has 0 bridgehead atoms. The van der Waals surface area contributed by atoms with E-state index in [1.807, 2.05) is 17.4 Å². The van der Waals surface area contributed by atoms with Gasteiger partial charge in [-0.2, -0.15) is 0 Å². The van der Waals surface area contributed by atoms with Crippen molar-refractivity contribution in [3.8, 4) is 0 Å². The Bertz CT molecular complexity index is 3120. The first-order chi connectivity index (χ1) is 27.8. The van der Waals surface area contributed by atoms with Crippen LogP contribution in [0.15, 0.2) is 199 Å². The summed E-state index contributed by atoms with van der Waals surface area (Å²) in [6.07, 6.45) is 0. The van der Waals surface area contributed by atoms with Gasteiger partial charge in [0, 0.05) is 65.4 Å². The number of nitrogens with zero attached hydrogens (tertiary/aromatic N) is 3. The standard InChI is InChI=1S/C50H32BN3OS/c1-4-16-33(17-5-1)52(43-27-14-24-38-37-22-10-12-28-45(37)55-49(38)43)36-30-31-40-44(32-36)53(34-18-6-2-7-19-34)41-25-15-26-42-47(41)51(40)50-48(39-23-11-13-29-46(39)56-50)54(42)35-20-8-3-9-21-35/h1-32H. The van der Waals surface area contributed by atoms with Crippen LogP contribution in [0.3, 0.4) is 0 Å². The summed E-state index contributed by atoms with van der Waals surface area (Å²) in [4.78, 5) is 7.32. The second-order valence-electron chi connectivity index (χ2n) is 14.5. The molecule has 2 aromatic heterocycles. The highest BCUT2D eigenvalue weighted by molar-refractivity contribution is 7.33. The molecule has 6 heteroatoms. The van der Waals surface area contributed by atoms with Crippen LogP contribution in [0.25, 0.3) is 32.0 Å². The average molecular weight is 734 g/mol. The summed E-state index contributed by atoms with van der Waals surface area (Å²) in [5, 5.41) is 3.50. The number of furan rings is 1. The molecule has 0 amide bonds. The molecule has 0 N–H and O–H groups in total. The summed E-state index contributed by atoms with van der Waals surface area (Å²) in [5.74, 6) is 0. The quantitative estimate of drug-likeness (QED) is 0.164. The third-order valence-corrected chi connectivity index (χ3v) is 12.6. The number of thiophene rings is 1. The van der Waals surface area contributed by atoms with Crippen LogP contribution in [0, 0.1) is 0 Å². The lowest BCUT2D eigenvalue weighted by Crippen LogP contribution is -2.60. The van der Waals surface area contributed by atoms with Gasteiger partial charge in [-0.15, -0.1) is 11.3 Å². The summed E-state index contributed by atoms with van der Waals surface area (Å²) in [7, 11) is 0.